The van der Waals surface area contributed by atoms with Crippen molar-refractivity contribution in [2.75, 3.05) is 0 Å². The molecule has 8 aromatic rings. The van der Waals surface area contributed by atoms with E-state index >= 15 is 0 Å². The van der Waals surface area contributed by atoms with Crippen molar-refractivity contribution in [1.82, 2.24) is 9.13 Å². The van der Waals surface area contributed by atoms with Gasteiger partial charge >= 0.3 is 0 Å². The minimum absolute atomic E-state index is 1.02. The van der Waals surface area contributed by atoms with Crippen LogP contribution in [0.3, 0.4) is 0 Å². The third kappa shape index (κ3) is 3.39. The summed E-state index contributed by atoms with van der Waals surface area (Å²) >= 11 is 2.00. The van der Waals surface area contributed by atoms with Gasteiger partial charge in [-0.2, -0.15) is 11.8 Å². The van der Waals surface area contributed by atoms with Crippen molar-refractivity contribution in [3.63, 3.8) is 0 Å². The van der Waals surface area contributed by atoms with Gasteiger partial charge in [-0.15, -0.1) is 0 Å². The van der Waals surface area contributed by atoms with E-state index in [9.17, 15) is 0 Å². The van der Waals surface area contributed by atoms with Crippen LogP contribution in [0.2, 0.25) is 0 Å². The average Bonchev–Trinajstić information content (AvgIpc) is 3.48. The van der Waals surface area contributed by atoms with Crippen molar-refractivity contribution in [1.29, 1.82) is 0 Å². The number of fused-ring (bicyclic) bond motifs is 9. The number of rotatable bonds is 2. The van der Waals surface area contributed by atoms with E-state index in [4.69, 9.17) is 0 Å². The summed E-state index contributed by atoms with van der Waals surface area (Å²) < 4.78 is 4.86. The molecule has 0 amide bonds. The highest BCUT2D eigenvalue weighted by molar-refractivity contribution is 7.97. The van der Waals surface area contributed by atoms with Crippen LogP contribution in [-0.4, -0.2) is 9.13 Å². The number of para-hydroxylation sites is 4. The van der Waals surface area contributed by atoms with Crippen LogP contribution in [0.15, 0.2) is 133 Å². The molecular formula is C38H26N2S. The quantitative estimate of drug-likeness (QED) is 0.211. The molecule has 0 aliphatic carbocycles. The minimum Gasteiger partial charge on any atom is -0.309 e. The molecule has 3 heterocycles. The molecule has 0 spiro atoms. The number of aromatic nitrogens is 2. The molecule has 0 saturated heterocycles. The molecule has 0 saturated carbocycles. The Morgan fingerprint density at radius 1 is 0.390 bits per heavy atom. The number of hydrogen-bond donors (Lipinski definition) is 0. The molecule has 1 aliphatic rings. The second kappa shape index (κ2) is 8.89. The molecule has 0 radical (unpaired) electrons. The van der Waals surface area contributed by atoms with Crippen LogP contribution >= 0.6 is 11.8 Å². The maximum atomic E-state index is 2.43. The topological polar surface area (TPSA) is 9.86 Å². The summed E-state index contributed by atoms with van der Waals surface area (Å²) in [5.41, 5.74) is 12.9. The molecular weight excluding hydrogens is 516 g/mol. The summed E-state index contributed by atoms with van der Waals surface area (Å²) in [5.74, 6) is 2.03. The van der Waals surface area contributed by atoms with Gasteiger partial charge in [0.25, 0.3) is 0 Å². The van der Waals surface area contributed by atoms with E-state index in [0.29, 0.717) is 0 Å². The predicted octanol–water partition coefficient (Wildman–Crippen LogP) is 10.3. The fourth-order valence-corrected chi connectivity index (χ4v) is 7.88. The third-order valence-corrected chi connectivity index (χ3v) is 9.70. The third-order valence-electron chi connectivity index (χ3n) is 8.67. The highest BCUT2D eigenvalue weighted by atomic mass is 32.2. The Balaban J connectivity index is 1.30. The molecule has 0 N–H and O–H groups in total. The lowest BCUT2D eigenvalue weighted by molar-refractivity contribution is 1.17. The first-order chi connectivity index (χ1) is 20.3. The molecule has 0 atom stereocenters. The van der Waals surface area contributed by atoms with Crippen LogP contribution in [0.1, 0.15) is 11.1 Å². The van der Waals surface area contributed by atoms with E-state index in [1.54, 1.807) is 0 Å². The maximum absolute atomic E-state index is 2.43. The Morgan fingerprint density at radius 3 is 1.10 bits per heavy atom. The average molecular weight is 543 g/mol. The van der Waals surface area contributed by atoms with Crippen molar-refractivity contribution in [2.24, 2.45) is 0 Å². The van der Waals surface area contributed by atoms with Gasteiger partial charge in [-0.1, -0.05) is 84.9 Å². The lowest BCUT2D eigenvalue weighted by Crippen LogP contribution is -1.99. The van der Waals surface area contributed by atoms with Gasteiger partial charge in [0.15, 0.2) is 0 Å². The number of hydrogen-bond acceptors (Lipinski definition) is 1. The SMILES string of the molecule is c1ccc2c(c1)c1ccccc1n2-c1ccc2c(c1)-c1cc(-n3c4ccccc4c4ccccc43)ccc1CSC2. The van der Waals surface area contributed by atoms with Gasteiger partial charge in [-0.25, -0.2) is 0 Å². The molecule has 0 unspecified atom stereocenters. The van der Waals surface area contributed by atoms with E-state index in [0.717, 1.165) is 11.5 Å². The first-order valence-electron chi connectivity index (χ1n) is 14.2. The largest absolute Gasteiger partial charge is 0.309 e. The normalized spacial score (nSPS) is 13.1. The van der Waals surface area contributed by atoms with Crippen molar-refractivity contribution in [3.05, 3.63) is 145 Å². The second-order valence-corrected chi connectivity index (χ2v) is 11.9. The number of nitrogens with zero attached hydrogens (tertiary/aromatic N) is 2. The highest BCUT2D eigenvalue weighted by Gasteiger charge is 2.20. The predicted molar refractivity (Wildman–Crippen MR) is 176 cm³/mol. The molecule has 9 rings (SSSR count). The molecule has 2 nitrogen and oxygen atoms in total. The fraction of sp³-hybridized carbons (Fsp3) is 0.0526. The van der Waals surface area contributed by atoms with Crippen LogP contribution in [-0.2, 0) is 11.5 Å². The first-order valence-corrected chi connectivity index (χ1v) is 15.3. The number of benzene rings is 6. The molecule has 6 aromatic carbocycles. The first kappa shape index (κ1) is 23.0. The van der Waals surface area contributed by atoms with E-state index in [2.05, 4.69) is 143 Å². The summed E-state index contributed by atoms with van der Waals surface area (Å²) in [6, 6.07) is 49.2. The summed E-state index contributed by atoms with van der Waals surface area (Å²) in [5, 5.41) is 5.18. The molecule has 3 heteroatoms. The Labute approximate surface area is 242 Å². The van der Waals surface area contributed by atoms with E-state index < -0.39 is 0 Å². The van der Waals surface area contributed by atoms with Gasteiger partial charge in [0.05, 0.1) is 22.1 Å². The zero-order valence-corrected chi connectivity index (χ0v) is 23.2. The summed E-state index contributed by atoms with van der Waals surface area (Å²) in [6.07, 6.45) is 0. The van der Waals surface area contributed by atoms with Crippen molar-refractivity contribution in [2.45, 2.75) is 11.5 Å². The minimum atomic E-state index is 1.02. The molecule has 41 heavy (non-hydrogen) atoms. The maximum Gasteiger partial charge on any atom is 0.0541 e. The molecule has 1 aliphatic heterocycles. The summed E-state index contributed by atoms with van der Waals surface area (Å²) in [4.78, 5) is 0. The molecule has 2 aromatic heterocycles. The van der Waals surface area contributed by atoms with Crippen LogP contribution in [0.25, 0.3) is 66.1 Å². The lowest BCUT2D eigenvalue weighted by Gasteiger charge is -2.16. The van der Waals surface area contributed by atoms with Crippen LogP contribution in [0.5, 0.6) is 0 Å². The highest BCUT2D eigenvalue weighted by Crippen LogP contribution is 2.41. The Hall–Kier alpha value is -4.73. The molecule has 0 fully saturated rings. The zero-order valence-electron chi connectivity index (χ0n) is 22.4. The van der Waals surface area contributed by atoms with Gasteiger partial charge in [0, 0.05) is 44.4 Å². The second-order valence-electron chi connectivity index (χ2n) is 10.9. The Morgan fingerprint density at radius 2 is 0.732 bits per heavy atom. The summed E-state index contributed by atoms with van der Waals surface area (Å²) in [7, 11) is 0. The van der Waals surface area contributed by atoms with E-state index in [1.807, 2.05) is 11.8 Å². The Bertz CT molecular complexity index is 2030. The monoisotopic (exact) mass is 542 g/mol. The lowest BCUT2D eigenvalue weighted by atomic mass is 9.95. The van der Waals surface area contributed by atoms with Gasteiger partial charge in [0.2, 0.25) is 0 Å². The smallest absolute Gasteiger partial charge is 0.0541 e. The molecule has 0 bridgehead atoms. The van der Waals surface area contributed by atoms with Crippen molar-refractivity contribution in [3.8, 4) is 22.5 Å². The fourth-order valence-electron chi connectivity index (χ4n) is 6.83. The standard InChI is InChI=1S/C38H26N2S/c1-5-13-35-29(9-1)30-10-2-6-14-36(30)39(35)27-19-17-25-23-41-24-26-18-20-28(22-34(26)33(25)21-27)40-37-15-7-3-11-31(37)32-12-4-8-16-38(32)40/h1-22H,23-24H2. The van der Waals surface area contributed by atoms with Crippen LogP contribution in [0, 0.1) is 0 Å². The van der Waals surface area contributed by atoms with Crippen LogP contribution in [0.4, 0.5) is 0 Å². The molecule has 194 valence electrons. The van der Waals surface area contributed by atoms with Crippen molar-refractivity contribution >= 4 is 55.4 Å². The van der Waals surface area contributed by atoms with E-state index in [-0.39, 0.29) is 0 Å². The van der Waals surface area contributed by atoms with Gasteiger partial charge in [0.1, 0.15) is 0 Å². The van der Waals surface area contributed by atoms with Crippen LogP contribution < -0.4 is 0 Å². The van der Waals surface area contributed by atoms with Gasteiger partial charge in [-0.05, 0) is 70.8 Å². The van der Waals surface area contributed by atoms with Gasteiger partial charge < -0.3 is 9.13 Å². The van der Waals surface area contributed by atoms with E-state index in [1.165, 1.54) is 77.2 Å². The van der Waals surface area contributed by atoms with Crippen molar-refractivity contribution < 1.29 is 0 Å². The zero-order chi connectivity index (χ0) is 26.9. The summed E-state index contributed by atoms with van der Waals surface area (Å²) in [6.45, 7) is 0. The number of thioether (sulfide) groups is 1. The van der Waals surface area contributed by atoms with Gasteiger partial charge in [-0.3, -0.25) is 0 Å². The Kier molecular flexibility index (Phi) is 4.99.